The first-order chi connectivity index (χ1) is 12.4. The smallest absolute Gasteiger partial charge is 0.338 e. The summed E-state index contributed by atoms with van der Waals surface area (Å²) >= 11 is 0. The summed E-state index contributed by atoms with van der Waals surface area (Å²) in [6.07, 6.45) is 0.908. The first-order valence-corrected chi connectivity index (χ1v) is 8.93. The second-order valence-corrected chi connectivity index (χ2v) is 5.73. The van der Waals surface area contributed by atoms with Gasteiger partial charge >= 0.3 is 18.0 Å². The number of anilines is 1. The number of ether oxygens (including phenoxy) is 2. The number of nitrogens with zero attached hydrogens (tertiary/aromatic N) is 1. The van der Waals surface area contributed by atoms with E-state index in [1.807, 2.05) is 13.8 Å². The molecule has 0 aliphatic rings. The molecule has 0 aliphatic carbocycles. The summed E-state index contributed by atoms with van der Waals surface area (Å²) < 4.78 is 9.85. The predicted molar refractivity (Wildman–Crippen MR) is 99.1 cm³/mol. The molecule has 1 rings (SSSR count). The second kappa shape index (κ2) is 11.1. The molecular formula is C19H28N2O5. The number of hydrogen-bond donors (Lipinski definition) is 1. The van der Waals surface area contributed by atoms with Crippen LogP contribution in [0, 0.1) is 0 Å². The van der Waals surface area contributed by atoms with Gasteiger partial charge in [-0.15, -0.1) is 0 Å². The summed E-state index contributed by atoms with van der Waals surface area (Å²) in [6, 6.07) is 6.16. The Bertz CT molecular complexity index is 600. The van der Waals surface area contributed by atoms with Crippen molar-refractivity contribution in [1.82, 2.24) is 4.90 Å². The van der Waals surface area contributed by atoms with Crippen LogP contribution in [0.1, 0.15) is 50.9 Å². The van der Waals surface area contributed by atoms with Crippen molar-refractivity contribution >= 4 is 23.7 Å². The molecule has 0 fully saturated rings. The molecule has 0 aromatic heterocycles. The maximum absolute atomic E-state index is 12.6. The molecule has 1 atom stereocenters. The molecule has 7 heteroatoms. The SMILES string of the molecule is CCOC(=O)CCN(C(=O)Nc1ccc(C(=O)OCC)cc1)C(C)CC. The van der Waals surface area contributed by atoms with Crippen molar-refractivity contribution in [3.8, 4) is 0 Å². The minimum absolute atomic E-state index is 0.0248. The molecule has 0 radical (unpaired) electrons. The summed E-state index contributed by atoms with van der Waals surface area (Å²) in [4.78, 5) is 37.4. The average molecular weight is 364 g/mol. The fourth-order valence-electron chi connectivity index (χ4n) is 2.29. The number of carbonyl (C=O) groups excluding carboxylic acids is 3. The van der Waals surface area contributed by atoms with E-state index in [1.54, 1.807) is 43.0 Å². The Morgan fingerprint density at radius 3 is 2.19 bits per heavy atom. The van der Waals surface area contributed by atoms with Crippen LogP contribution in [0.2, 0.25) is 0 Å². The lowest BCUT2D eigenvalue weighted by Gasteiger charge is -2.28. The number of amides is 2. The maximum Gasteiger partial charge on any atom is 0.338 e. The summed E-state index contributed by atoms with van der Waals surface area (Å²) in [5.41, 5.74) is 0.985. The molecule has 0 spiro atoms. The standard InChI is InChI=1S/C19H28N2O5/c1-5-14(4)21(13-12-17(22)25-6-2)19(24)20-16-10-8-15(9-11-16)18(23)26-7-3/h8-11,14H,5-7,12-13H2,1-4H3,(H,20,24). The third-order valence-corrected chi connectivity index (χ3v) is 3.89. The molecular weight excluding hydrogens is 336 g/mol. The Morgan fingerprint density at radius 1 is 1.04 bits per heavy atom. The molecule has 0 bridgehead atoms. The monoisotopic (exact) mass is 364 g/mol. The molecule has 1 N–H and O–H groups in total. The third-order valence-electron chi connectivity index (χ3n) is 3.89. The van der Waals surface area contributed by atoms with Gasteiger partial charge in [0.15, 0.2) is 0 Å². The Labute approximate surface area is 154 Å². The molecule has 0 heterocycles. The van der Waals surface area contributed by atoms with Gasteiger partial charge in [-0.25, -0.2) is 9.59 Å². The highest BCUT2D eigenvalue weighted by atomic mass is 16.5. The lowest BCUT2D eigenvalue weighted by atomic mass is 10.2. The summed E-state index contributed by atoms with van der Waals surface area (Å²) in [6.45, 7) is 8.30. The zero-order valence-electron chi connectivity index (χ0n) is 15.9. The fraction of sp³-hybridized carbons (Fsp3) is 0.526. The molecule has 0 aliphatic heterocycles. The third kappa shape index (κ3) is 6.74. The minimum atomic E-state index is -0.402. The van der Waals surface area contributed by atoms with E-state index in [-0.39, 0.29) is 31.0 Å². The lowest BCUT2D eigenvalue weighted by molar-refractivity contribution is -0.143. The van der Waals surface area contributed by atoms with Crippen LogP contribution in [-0.2, 0) is 14.3 Å². The van der Waals surface area contributed by atoms with Gasteiger partial charge in [-0.05, 0) is 51.5 Å². The highest BCUT2D eigenvalue weighted by molar-refractivity contribution is 5.92. The van der Waals surface area contributed by atoms with Crippen molar-refractivity contribution in [2.45, 2.75) is 46.6 Å². The van der Waals surface area contributed by atoms with E-state index in [0.717, 1.165) is 6.42 Å². The van der Waals surface area contributed by atoms with E-state index in [0.29, 0.717) is 24.5 Å². The van der Waals surface area contributed by atoms with Crippen LogP contribution in [0.25, 0.3) is 0 Å². The largest absolute Gasteiger partial charge is 0.466 e. The van der Waals surface area contributed by atoms with Gasteiger partial charge in [0, 0.05) is 18.3 Å². The van der Waals surface area contributed by atoms with Crippen LogP contribution in [0.4, 0.5) is 10.5 Å². The van der Waals surface area contributed by atoms with Gasteiger partial charge in [0.2, 0.25) is 0 Å². The van der Waals surface area contributed by atoms with Gasteiger partial charge < -0.3 is 19.7 Å². The van der Waals surface area contributed by atoms with Crippen LogP contribution >= 0.6 is 0 Å². The van der Waals surface area contributed by atoms with Crippen LogP contribution in [0.3, 0.4) is 0 Å². The molecule has 1 aromatic carbocycles. The average Bonchev–Trinajstić information content (AvgIpc) is 2.62. The van der Waals surface area contributed by atoms with Crippen LogP contribution in [-0.4, -0.2) is 48.7 Å². The van der Waals surface area contributed by atoms with Crippen LogP contribution in [0.15, 0.2) is 24.3 Å². The van der Waals surface area contributed by atoms with Crippen molar-refractivity contribution in [2.75, 3.05) is 25.1 Å². The first kappa shape index (κ1) is 21.5. The molecule has 144 valence electrons. The Morgan fingerprint density at radius 2 is 1.65 bits per heavy atom. The number of urea groups is 1. The highest BCUT2D eigenvalue weighted by Crippen LogP contribution is 2.13. The predicted octanol–water partition coefficient (Wildman–Crippen LogP) is 3.45. The fourth-order valence-corrected chi connectivity index (χ4v) is 2.29. The number of rotatable bonds is 9. The van der Waals surface area contributed by atoms with Gasteiger partial charge in [0.05, 0.1) is 25.2 Å². The topological polar surface area (TPSA) is 84.9 Å². The summed E-state index contributed by atoms with van der Waals surface area (Å²) in [5, 5.41) is 2.79. The van der Waals surface area contributed by atoms with E-state index in [2.05, 4.69) is 5.32 Å². The van der Waals surface area contributed by atoms with Gasteiger partial charge in [-0.3, -0.25) is 4.79 Å². The van der Waals surface area contributed by atoms with E-state index in [4.69, 9.17) is 9.47 Å². The van der Waals surface area contributed by atoms with E-state index in [1.165, 1.54) is 0 Å². The number of benzene rings is 1. The first-order valence-electron chi connectivity index (χ1n) is 8.93. The molecule has 1 aromatic rings. The van der Waals surface area contributed by atoms with Gasteiger partial charge in [-0.1, -0.05) is 6.92 Å². The van der Waals surface area contributed by atoms with Crippen molar-refractivity contribution in [3.05, 3.63) is 29.8 Å². The Kier molecular flexibility index (Phi) is 9.19. The molecule has 1 unspecified atom stereocenters. The minimum Gasteiger partial charge on any atom is -0.466 e. The Balaban J connectivity index is 2.73. The normalized spacial score (nSPS) is 11.4. The van der Waals surface area contributed by atoms with Crippen molar-refractivity contribution in [3.63, 3.8) is 0 Å². The number of nitrogens with one attached hydrogen (secondary N) is 1. The van der Waals surface area contributed by atoms with Gasteiger partial charge in [-0.2, -0.15) is 0 Å². The van der Waals surface area contributed by atoms with Gasteiger partial charge in [0.25, 0.3) is 0 Å². The lowest BCUT2D eigenvalue weighted by Crippen LogP contribution is -2.42. The highest BCUT2D eigenvalue weighted by Gasteiger charge is 2.20. The zero-order valence-corrected chi connectivity index (χ0v) is 15.9. The molecule has 2 amide bonds. The van der Waals surface area contributed by atoms with E-state index in [9.17, 15) is 14.4 Å². The number of hydrogen-bond acceptors (Lipinski definition) is 5. The molecule has 0 saturated heterocycles. The van der Waals surface area contributed by atoms with Crippen LogP contribution < -0.4 is 5.32 Å². The summed E-state index contributed by atoms with van der Waals surface area (Å²) in [7, 11) is 0. The quantitative estimate of drug-likeness (QED) is 0.678. The second-order valence-electron chi connectivity index (χ2n) is 5.73. The van der Waals surface area contributed by atoms with E-state index >= 15 is 0 Å². The van der Waals surface area contributed by atoms with Crippen molar-refractivity contribution < 1.29 is 23.9 Å². The summed E-state index contributed by atoms with van der Waals surface area (Å²) in [5.74, 6) is -0.728. The maximum atomic E-state index is 12.6. The number of esters is 2. The molecule has 7 nitrogen and oxygen atoms in total. The van der Waals surface area contributed by atoms with Crippen LogP contribution in [0.5, 0.6) is 0 Å². The van der Waals surface area contributed by atoms with Gasteiger partial charge in [0.1, 0.15) is 0 Å². The van der Waals surface area contributed by atoms with Crippen molar-refractivity contribution in [1.29, 1.82) is 0 Å². The molecule has 0 saturated carbocycles. The Hall–Kier alpha value is -2.57. The number of carbonyl (C=O) groups is 3. The van der Waals surface area contributed by atoms with Crippen molar-refractivity contribution in [2.24, 2.45) is 0 Å². The van der Waals surface area contributed by atoms with E-state index < -0.39 is 5.97 Å². The molecule has 26 heavy (non-hydrogen) atoms. The zero-order chi connectivity index (χ0) is 19.5.